The molecule has 136 valence electrons. The van der Waals surface area contributed by atoms with Crippen molar-refractivity contribution in [1.29, 1.82) is 0 Å². The number of aromatic nitrogens is 4. The quantitative estimate of drug-likeness (QED) is 0.825. The van der Waals surface area contributed by atoms with Crippen LogP contribution >= 0.6 is 0 Å². The van der Waals surface area contributed by atoms with E-state index in [2.05, 4.69) is 20.5 Å². The number of allylic oxidation sites excluding steroid dienone is 1. The minimum absolute atomic E-state index is 0.189. The number of carbonyl (C=O) groups excluding carboxylic acids is 2. The standard InChI is InChI=1S/C18H21N5O3/c1-2-26-18(25)13-6-4-3-5-7-14(13)20-17(24)15-8-9-16(22-21-15)23-11-10-19-12-23/h8-12H,2-7H2,1H3,(H,20,24). The van der Waals surface area contributed by atoms with Crippen molar-refractivity contribution in [1.82, 2.24) is 25.1 Å². The number of esters is 1. The van der Waals surface area contributed by atoms with Crippen LogP contribution in [0.25, 0.3) is 5.82 Å². The maximum atomic E-state index is 12.5. The van der Waals surface area contributed by atoms with E-state index in [-0.39, 0.29) is 17.6 Å². The first-order valence-electron chi connectivity index (χ1n) is 8.71. The van der Waals surface area contributed by atoms with Gasteiger partial charge in [-0.2, -0.15) is 0 Å². The van der Waals surface area contributed by atoms with Gasteiger partial charge in [-0.3, -0.25) is 9.36 Å². The monoisotopic (exact) mass is 355 g/mol. The van der Waals surface area contributed by atoms with Gasteiger partial charge in [-0.1, -0.05) is 6.42 Å². The summed E-state index contributed by atoms with van der Waals surface area (Å²) in [7, 11) is 0. The molecule has 2 aromatic rings. The van der Waals surface area contributed by atoms with Crippen molar-refractivity contribution < 1.29 is 14.3 Å². The van der Waals surface area contributed by atoms with Gasteiger partial charge in [0.1, 0.15) is 6.33 Å². The van der Waals surface area contributed by atoms with E-state index >= 15 is 0 Å². The fourth-order valence-electron chi connectivity index (χ4n) is 2.84. The molecule has 1 aliphatic carbocycles. The molecule has 0 spiro atoms. The molecule has 0 unspecified atom stereocenters. The minimum atomic E-state index is -0.381. The Bertz CT molecular complexity index is 797. The first kappa shape index (κ1) is 17.8. The molecule has 1 amide bonds. The third kappa shape index (κ3) is 4.14. The van der Waals surface area contributed by atoms with Crippen LogP contribution in [0.15, 0.2) is 42.1 Å². The molecule has 2 aromatic heterocycles. The maximum Gasteiger partial charge on any atom is 0.335 e. The molecule has 0 fully saturated rings. The molecule has 8 heteroatoms. The highest BCUT2D eigenvalue weighted by molar-refractivity contribution is 5.95. The Morgan fingerprint density at radius 1 is 1.19 bits per heavy atom. The molecule has 1 N–H and O–H groups in total. The van der Waals surface area contributed by atoms with Crippen LogP contribution in [0.3, 0.4) is 0 Å². The van der Waals surface area contributed by atoms with Crippen LogP contribution in [0.2, 0.25) is 0 Å². The molecule has 2 heterocycles. The van der Waals surface area contributed by atoms with Crippen molar-refractivity contribution in [2.24, 2.45) is 0 Å². The lowest BCUT2D eigenvalue weighted by atomic mass is 10.1. The minimum Gasteiger partial charge on any atom is -0.463 e. The molecular weight excluding hydrogens is 334 g/mol. The van der Waals surface area contributed by atoms with Crippen LogP contribution in [-0.4, -0.2) is 38.2 Å². The second-order valence-electron chi connectivity index (χ2n) is 5.94. The Kier molecular flexibility index (Phi) is 5.73. The smallest absolute Gasteiger partial charge is 0.335 e. The predicted molar refractivity (Wildman–Crippen MR) is 93.4 cm³/mol. The molecule has 0 saturated carbocycles. The molecule has 0 radical (unpaired) electrons. The third-order valence-electron chi connectivity index (χ3n) is 4.16. The summed E-state index contributed by atoms with van der Waals surface area (Å²) in [5, 5.41) is 10.9. The second kappa shape index (κ2) is 8.37. The molecule has 0 aliphatic heterocycles. The number of nitrogens with one attached hydrogen (secondary N) is 1. The summed E-state index contributed by atoms with van der Waals surface area (Å²) < 4.78 is 6.82. The SMILES string of the molecule is CCOC(=O)C1=C(NC(=O)c2ccc(-n3ccnc3)nn2)CCCCC1. The van der Waals surface area contributed by atoms with E-state index in [9.17, 15) is 9.59 Å². The lowest BCUT2D eigenvalue weighted by Gasteiger charge is -2.13. The van der Waals surface area contributed by atoms with E-state index in [1.54, 1.807) is 42.3 Å². The average Bonchev–Trinajstić information content (AvgIpc) is 3.09. The largest absolute Gasteiger partial charge is 0.463 e. The fourth-order valence-corrected chi connectivity index (χ4v) is 2.84. The Labute approximate surface area is 151 Å². The number of imidazole rings is 1. The van der Waals surface area contributed by atoms with Crippen LogP contribution in [0.4, 0.5) is 0 Å². The van der Waals surface area contributed by atoms with Crippen molar-refractivity contribution >= 4 is 11.9 Å². The van der Waals surface area contributed by atoms with Gasteiger partial charge >= 0.3 is 5.97 Å². The molecular formula is C18H21N5O3. The average molecular weight is 355 g/mol. The molecule has 1 aliphatic rings. The zero-order valence-corrected chi connectivity index (χ0v) is 14.6. The van der Waals surface area contributed by atoms with Crippen molar-refractivity contribution in [2.45, 2.75) is 39.0 Å². The van der Waals surface area contributed by atoms with E-state index in [0.29, 0.717) is 36.5 Å². The van der Waals surface area contributed by atoms with E-state index in [1.807, 2.05) is 0 Å². The van der Waals surface area contributed by atoms with Crippen molar-refractivity contribution in [2.75, 3.05) is 6.61 Å². The van der Waals surface area contributed by atoms with Gasteiger partial charge in [0, 0.05) is 18.1 Å². The first-order valence-corrected chi connectivity index (χ1v) is 8.71. The van der Waals surface area contributed by atoms with Gasteiger partial charge < -0.3 is 10.1 Å². The summed E-state index contributed by atoms with van der Waals surface area (Å²) in [6.07, 6.45) is 9.08. The highest BCUT2D eigenvalue weighted by Gasteiger charge is 2.21. The van der Waals surface area contributed by atoms with E-state index in [0.717, 1.165) is 19.3 Å². The van der Waals surface area contributed by atoms with Gasteiger partial charge in [0.05, 0.1) is 12.2 Å². The number of rotatable bonds is 5. The van der Waals surface area contributed by atoms with E-state index < -0.39 is 0 Å². The lowest BCUT2D eigenvalue weighted by molar-refractivity contribution is -0.138. The van der Waals surface area contributed by atoms with Gasteiger partial charge in [0.15, 0.2) is 11.5 Å². The van der Waals surface area contributed by atoms with Crippen LogP contribution in [0, 0.1) is 0 Å². The molecule has 0 bridgehead atoms. The summed E-state index contributed by atoms with van der Waals surface area (Å²) in [6.45, 7) is 2.08. The highest BCUT2D eigenvalue weighted by atomic mass is 16.5. The summed E-state index contributed by atoms with van der Waals surface area (Å²) in [4.78, 5) is 28.7. The zero-order valence-electron chi connectivity index (χ0n) is 14.6. The Hall–Kier alpha value is -3.03. The molecule has 0 saturated heterocycles. The Morgan fingerprint density at radius 2 is 2.04 bits per heavy atom. The number of hydrogen-bond acceptors (Lipinski definition) is 6. The number of nitrogens with zero attached hydrogens (tertiary/aromatic N) is 4. The summed E-state index contributed by atoms with van der Waals surface area (Å²) >= 11 is 0. The number of carbonyl (C=O) groups is 2. The van der Waals surface area contributed by atoms with Crippen molar-refractivity contribution in [3.05, 3.63) is 47.8 Å². The molecule has 0 aromatic carbocycles. The van der Waals surface area contributed by atoms with E-state index in [4.69, 9.17) is 4.74 Å². The summed E-state index contributed by atoms with van der Waals surface area (Å²) in [5.41, 5.74) is 1.38. The Morgan fingerprint density at radius 3 is 2.73 bits per heavy atom. The van der Waals surface area contributed by atoms with Gasteiger partial charge in [-0.15, -0.1) is 10.2 Å². The van der Waals surface area contributed by atoms with E-state index in [1.165, 1.54) is 0 Å². The van der Waals surface area contributed by atoms with Crippen molar-refractivity contribution in [3.63, 3.8) is 0 Å². The molecule has 26 heavy (non-hydrogen) atoms. The van der Waals surface area contributed by atoms with Crippen LogP contribution in [0.1, 0.15) is 49.5 Å². The molecule has 8 nitrogen and oxygen atoms in total. The van der Waals surface area contributed by atoms with Gasteiger partial charge in [-0.05, 0) is 44.7 Å². The Balaban J connectivity index is 1.77. The van der Waals surface area contributed by atoms with Crippen LogP contribution < -0.4 is 5.32 Å². The number of amides is 1. The van der Waals surface area contributed by atoms with Gasteiger partial charge in [0.25, 0.3) is 5.91 Å². The van der Waals surface area contributed by atoms with Gasteiger partial charge in [0.2, 0.25) is 0 Å². The zero-order chi connectivity index (χ0) is 18.4. The number of hydrogen-bond donors (Lipinski definition) is 1. The van der Waals surface area contributed by atoms with Crippen LogP contribution in [0.5, 0.6) is 0 Å². The number of ether oxygens (including phenoxy) is 1. The summed E-state index contributed by atoms with van der Waals surface area (Å²) in [5.74, 6) is -0.167. The third-order valence-corrected chi connectivity index (χ3v) is 4.16. The predicted octanol–water partition coefficient (Wildman–Crippen LogP) is 2.17. The highest BCUT2D eigenvalue weighted by Crippen LogP contribution is 2.23. The fraction of sp³-hybridized carbons (Fsp3) is 0.389. The lowest BCUT2D eigenvalue weighted by Crippen LogP contribution is -2.27. The topological polar surface area (TPSA) is 99.0 Å². The van der Waals surface area contributed by atoms with Crippen molar-refractivity contribution in [3.8, 4) is 5.82 Å². The van der Waals surface area contributed by atoms with Gasteiger partial charge in [-0.25, -0.2) is 9.78 Å². The summed E-state index contributed by atoms with van der Waals surface area (Å²) in [6, 6.07) is 3.29. The molecule has 0 atom stereocenters. The van der Waals surface area contributed by atoms with Crippen LogP contribution in [-0.2, 0) is 9.53 Å². The molecule has 3 rings (SSSR count). The maximum absolute atomic E-state index is 12.5. The first-order chi connectivity index (χ1) is 12.7. The normalized spacial score (nSPS) is 14.7. The second-order valence-corrected chi connectivity index (χ2v) is 5.94.